The van der Waals surface area contributed by atoms with Crippen LogP contribution in [0.1, 0.15) is 30.0 Å². The smallest absolute Gasteiger partial charge is 0.142 e. The molecule has 4 heteroatoms. The van der Waals surface area contributed by atoms with E-state index in [4.69, 9.17) is 16.3 Å². The minimum atomic E-state index is 0.244. The van der Waals surface area contributed by atoms with Crippen molar-refractivity contribution in [3.8, 4) is 16.9 Å². The summed E-state index contributed by atoms with van der Waals surface area (Å²) in [6, 6.07) is 18.9. The van der Waals surface area contributed by atoms with Gasteiger partial charge in [0.2, 0.25) is 0 Å². The SMILES string of the molecule is Clc1cccc2c1OCCC[C@@H]2NCc1cccc(-c2cccnc2)c1. The fourth-order valence-electron chi connectivity index (χ4n) is 3.42. The lowest BCUT2D eigenvalue weighted by Gasteiger charge is -2.19. The molecule has 0 amide bonds. The first-order valence-electron chi connectivity index (χ1n) is 8.95. The number of para-hydroxylation sites is 1. The average Bonchev–Trinajstić information content (AvgIpc) is 2.91. The fourth-order valence-corrected chi connectivity index (χ4v) is 3.65. The lowest BCUT2D eigenvalue weighted by atomic mass is 10.0. The Morgan fingerprint density at radius 1 is 1.08 bits per heavy atom. The fraction of sp³-hybridized carbons (Fsp3) is 0.227. The Morgan fingerprint density at radius 2 is 1.96 bits per heavy atom. The van der Waals surface area contributed by atoms with Crippen LogP contribution in [0.15, 0.2) is 67.0 Å². The molecule has 2 heterocycles. The summed E-state index contributed by atoms with van der Waals surface area (Å²) in [5.74, 6) is 0.827. The Bertz CT molecular complexity index is 882. The van der Waals surface area contributed by atoms with Crippen molar-refractivity contribution in [2.24, 2.45) is 0 Å². The van der Waals surface area contributed by atoms with Gasteiger partial charge in [0.15, 0.2) is 0 Å². The van der Waals surface area contributed by atoms with Gasteiger partial charge in [-0.15, -0.1) is 0 Å². The Hall–Kier alpha value is -2.36. The minimum absolute atomic E-state index is 0.244. The highest BCUT2D eigenvalue weighted by molar-refractivity contribution is 6.32. The van der Waals surface area contributed by atoms with E-state index in [1.165, 1.54) is 11.1 Å². The number of halogens is 1. The van der Waals surface area contributed by atoms with E-state index in [1.807, 2.05) is 24.4 Å². The van der Waals surface area contributed by atoms with E-state index in [0.29, 0.717) is 11.6 Å². The third kappa shape index (κ3) is 3.74. The van der Waals surface area contributed by atoms with E-state index in [-0.39, 0.29) is 6.04 Å². The molecular formula is C22H21ClN2O. The molecule has 0 saturated heterocycles. The van der Waals surface area contributed by atoms with Crippen molar-refractivity contribution in [1.29, 1.82) is 0 Å². The van der Waals surface area contributed by atoms with Crippen LogP contribution >= 0.6 is 11.6 Å². The molecule has 0 aliphatic carbocycles. The quantitative estimate of drug-likeness (QED) is 0.672. The van der Waals surface area contributed by atoms with Gasteiger partial charge < -0.3 is 10.1 Å². The van der Waals surface area contributed by atoms with Crippen LogP contribution in [0.3, 0.4) is 0 Å². The van der Waals surface area contributed by atoms with Gasteiger partial charge in [-0.3, -0.25) is 4.98 Å². The number of aromatic nitrogens is 1. The first-order chi connectivity index (χ1) is 12.8. The first kappa shape index (κ1) is 17.1. The lowest BCUT2D eigenvalue weighted by molar-refractivity contribution is 0.315. The molecule has 26 heavy (non-hydrogen) atoms. The molecule has 1 N–H and O–H groups in total. The van der Waals surface area contributed by atoms with Crippen LogP contribution in [0.2, 0.25) is 5.02 Å². The molecule has 0 bridgehead atoms. The van der Waals surface area contributed by atoms with Gasteiger partial charge in [0.25, 0.3) is 0 Å². The zero-order chi connectivity index (χ0) is 17.8. The molecule has 0 saturated carbocycles. The molecular weight excluding hydrogens is 344 g/mol. The average molecular weight is 365 g/mol. The number of rotatable bonds is 4. The summed E-state index contributed by atoms with van der Waals surface area (Å²) in [6.07, 6.45) is 5.74. The first-order valence-corrected chi connectivity index (χ1v) is 9.33. The molecule has 3 aromatic rings. The van der Waals surface area contributed by atoms with Crippen LogP contribution in [-0.4, -0.2) is 11.6 Å². The van der Waals surface area contributed by atoms with Gasteiger partial charge in [-0.25, -0.2) is 0 Å². The summed E-state index contributed by atoms with van der Waals surface area (Å²) >= 11 is 6.33. The number of benzene rings is 2. The molecule has 0 spiro atoms. The van der Waals surface area contributed by atoms with E-state index in [2.05, 4.69) is 46.7 Å². The van der Waals surface area contributed by atoms with E-state index >= 15 is 0 Å². The highest BCUT2D eigenvalue weighted by Gasteiger charge is 2.21. The van der Waals surface area contributed by atoms with E-state index in [0.717, 1.165) is 36.3 Å². The van der Waals surface area contributed by atoms with E-state index < -0.39 is 0 Å². The topological polar surface area (TPSA) is 34.1 Å². The van der Waals surface area contributed by atoms with Gasteiger partial charge in [-0.1, -0.05) is 48.0 Å². The van der Waals surface area contributed by atoms with Crippen LogP contribution in [0.5, 0.6) is 5.75 Å². The summed E-state index contributed by atoms with van der Waals surface area (Å²) in [5.41, 5.74) is 4.72. The van der Waals surface area contributed by atoms with Crippen LogP contribution < -0.4 is 10.1 Å². The Kier molecular flexibility index (Phi) is 5.19. The zero-order valence-corrected chi connectivity index (χ0v) is 15.2. The van der Waals surface area contributed by atoms with Crippen molar-refractivity contribution in [2.45, 2.75) is 25.4 Å². The second-order valence-corrected chi connectivity index (χ2v) is 6.93. The second-order valence-electron chi connectivity index (χ2n) is 6.52. The molecule has 1 aromatic heterocycles. The molecule has 1 atom stereocenters. The number of ether oxygens (including phenoxy) is 1. The summed E-state index contributed by atoms with van der Waals surface area (Å²) in [4.78, 5) is 4.21. The van der Waals surface area contributed by atoms with Crippen LogP contribution in [0.4, 0.5) is 0 Å². The van der Waals surface area contributed by atoms with Crippen molar-refractivity contribution in [3.63, 3.8) is 0 Å². The van der Waals surface area contributed by atoms with Crippen LogP contribution in [0, 0.1) is 0 Å². The maximum Gasteiger partial charge on any atom is 0.142 e. The minimum Gasteiger partial charge on any atom is -0.492 e. The van der Waals surface area contributed by atoms with Gasteiger partial charge in [-0.05, 0) is 47.7 Å². The monoisotopic (exact) mass is 364 g/mol. The van der Waals surface area contributed by atoms with Gasteiger partial charge in [-0.2, -0.15) is 0 Å². The Labute approximate surface area is 159 Å². The zero-order valence-electron chi connectivity index (χ0n) is 14.5. The summed E-state index contributed by atoms with van der Waals surface area (Å²) < 4.78 is 5.86. The number of hydrogen-bond donors (Lipinski definition) is 1. The largest absolute Gasteiger partial charge is 0.492 e. The van der Waals surface area contributed by atoms with Crippen molar-refractivity contribution in [3.05, 3.63) is 83.1 Å². The van der Waals surface area contributed by atoms with Crippen molar-refractivity contribution in [2.75, 3.05) is 6.61 Å². The summed E-state index contributed by atoms with van der Waals surface area (Å²) in [6.45, 7) is 1.51. The number of hydrogen-bond acceptors (Lipinski definition) is 3. The highest BCUT2D eigenvalue weighted by Crippen LogP contribution is 2.37. The van der Waals surface area contributed by atoms with E-state index in [1.54, 1.807) is 6.20 Å². The standard InChI is InChI=1S/C22H21ClN2O/c23-20-9-2-8-19-21(10-4-12-26-22(19)20)25-14-16-5-1-6-17(13-16)18-7-3-11-24-15-18/h1-3,5-9,11,13,15,21,25H,4,10,12,14H2/t21-/m0/s1. The molecule has 0 fully saturated rings. The number of nitrogens with zero attached hydrogens (tertiary/aromatic N) is 1. The highest BCUT2D eigenvalue weighted by atomic mass is 35.5. The molecule has 0 radical (unpaired) electrons. The summed E-state index contributed by atoms with van der Waals surface area (Å²) in [5, 5.41) is 4.38. The Balaban J connectivity index is 1.52. The van der Waals surface area contributed by atoms with Gasteiger partial charge in [0, 0.05) is 30.5 Å². The molecule has 4 rings (SSSR count). The number of pyridine rings is 1. The molecule has 132 valence electrons. The van der Waals surface area contributed by atoms with Crippen molar-refractivity contribution >= 4 is 11.6 Å². The summed E-state index contributed by atoms with van der Waals surface area (Å²) in [7, 11) is 0. The maximum absolute atomic E-state index is 6.33. The van der Waals surface area contributed by atoms with Gasteiger partial charge in [0.1, 0.15) is 5.75 Å². The third-order valence-electron chi connectivity index (χ3n) is 4.73. The molecule has 0 unspecified atom stereocenters. The molecule has 1 aliphatic heterocycles. The van der Waals surface area contributed by atoms with Gasteiger partial charge in [0.05, 0.1) is 11.6 Å². The van der Waals surface area contributed by atoms with Crippen molar-refractivity contribution < 1.29 is 4.74 Å². The predicted octanol–water partition coefficient (Wildman–Crippen LogP) is 5.41. The third-order valence-corrected chi connectivity index (χ3v) is 5.03. The van der Waals surface area contributed by atoms with Crippen LogP contribution in [-0.2, 0) is 6.54 Å². The molecule has 3 nitrogen and oxygen atoms in total. The van der Waals surface area contributed by atoms with Crippen molar-refractivity contribution in [1.82, 2.24) is 10.3 Å². The Morgan fingerprint density at radius 3 is 2.85 bits per heavy atom. The lowest BCUT2D eigenvalue weighted by Crippen LogP contribution is -2.20. The van der Waals surface area contributed by atoms with Crippen LogP contribution in [0.25, 0.3) is 11.1 Å². The molecule has 2 aromatic carbocycles. The van der Waals surface area contributed by atoms with Gasteiger partial charge >= 0.3 is 0 Å². The number of nitrogens with one attached hydrogen (secondary N) is 1. The normalized spacial score (nSPS) is 16.4. The predicted molar refractivity (Wildman–Crippen MR) is 105 cm³/mol. The second kappa shape index (κ2) is 7.90. The number of fused-ring (bicyclic) bond motifs is 1. The maximum atomic E-state index is 6.33. The van der Waals surface area contributed by atoms with E-state index in [9.17, 15) is 0 Å². The molecule has 1 aliphatic rings.